The highest BCUT2D eigenvalue weighted by atomic mass is 15.1. The highest BCUT2D eigenvalue weighted by Crippen LogP contribution is 2.32. The first-order valence-electron chi connectivity index (χ1n) is 15.9. The van der Waals surface area contributed by atoms with Gasteiger partial charge in [0, 0.05) is 18.4 Å². The van der Waals surface area contributed by atoms with Crippen LogP contribution >= 0.6 is 0 Å². The van der Waals surface area contributed by atoms with Gasteiger partial charge < -0.3 is 4.57 Å². The lowest BCUT2D eigenvalue weighted by atomic mass is 9.84. The van der Waals surface area contributed by atoms with Gasteiger partial charge in [0.25, 0.3) is 0 Å². The average molecular weight is 495 g/mol. The minimum absolute atomic E-state index is 0.575. The summed E-state index contributed by atoms with van der Waals surface area (Å²) >= 11 is 0. The molecule has 1 heterocycles. The van der Waals surface area contributed by atoms with Crippen molar-refractivity contribution < 1.29 is 0 Å². The summed E-state index contributed by atoms with van der Waals surface area (Å²) in [5, 5.41) is 0. The van der Waals surface area contributed by atoms with E-state index < -0.39 is 0 Å². The summed E-state index contributed by atoms with van der Waals surface area (Å²) in [5.74, 6) is 0.694. The van der Waals surface area contributed by atoms with E-state index in [1.165, 1.54) is 140 Å². The molecule has 2 rings (SSSR count). The molecule has 0 spiro atoms. The van der Waals surface area contributed by atoms with E-state index in [2.05, 4.69) is 66.3 Å². The van der Waals surface area contributed by atoms with E-state index in [0.717, 1.165) is 0 Å². The first-order chi connectivity index (χ1) is 17.8. The Morgan fingerprint density at radius 1 is 0.611 bits per heavy atom. The maximum atomic E-state index is 4.41. The molecule has 1 aromatic carbocycles. The van der Waals surface area contributed by atoms with Crippen molar-refractivity contribution in [3.63, 3.8) is 0 Å². The van der Waals surface area contributed by atoms with Gasteiger partial charge in [0.15, 0.2) is 0 Å². The van der Waals surface area contributed by atoms with Gasteiger partial charge in [-0.2, -0.15) is 0 Å². The highest BCUT2D eigenvalue weighted by molar-refractivity contribution is 5.15. The van der Waals surface area contributed by atoms with E-state index in [1.54, 1.807) is 0 Å². The van der Waals surface area contributed by atoms with Crippen LogP contribution in [0.4, 0.5) is 0 Å². The molecule has 2 atom stereocenters. The summed E-state index contributed by atoms with van der Waals surface area (Å²) < 4.78 is 2.42. The molecule has 0 bridgehead atoms. The molecule has 0 saturated heterocycles. The summed E-state index contributed by atoms with van der Waals surface area (Å²) in [6.07, 6.45) is 35.5. The molecule has 36 heavy (non-hydrogen) atoms. The van der Waals surface area contributed by atoms with Gasteiger partial charge in [-0.1, -0.05) is 160 Å². The molecule has 1 aromatic heterocycles. The van der Waals surface area contributed by atoms with Crippen LogP contribution in [0.3, 0.4) is 0 Å². The maximum absolute atomic E-state index is 4.41. The molecule has 0 fully saturated rings. The van der Waals surface area contributed by atoms with Crippen LogP contribution in [0.2, 0.25) is 0 Å². The predicted molar refractivity (Wildman–Crippen MR) is 159 cm³/mol. The second-order valence-corrected chi connectivity index (χ2v) is 11.3. The van der Waals surface area contributed by atoms with Crippen LogP contribution in [0.5, 0.6) is 0 Å². The number of nitrogens with zero attached hydrogens (tertiary/aromatic N) is 2. The van der Waals surface area contributed by atoms with Crippen molar-refractivity contribution in [1.29, 1.82) is 0 Å². The van der Waals surface area contributed by atoms with Crippen molar-refractivity contribution in [3.8, 4) is 0 Å². The van der Waals surface area contributed by atoms with Crippen molar-refractivity contribution in [1.82, 2.24) is 9.55 Å². The second-order valence-electron chi connectivity index (χ2n) is 11.3. The minimum Gasteiger partial charge on any atom is -0.334 e. The van der Waals surface area contributed by atoms with Crippen molar-refractivity contribution in [2.45, 2.75) is 155 Å². The molecule has 0 N–H and O–H groups in total. The van der Waals surface area contributed by atoms with Crippen LogP contribution in [0, 0.1) is 5.92 Å². The summed E-state index contributed by atoms with van der Waals surface area (Å²) in [7, 11) is 0. The van der Waals surface area contributed by atoms with E-state index in [9.17, 15) is 0 Å². The fraction of sp³-hybridized carbons (Fsp3) is 0.735. The van der Waals surface area contributed by atoms with E-state index >= 15 is 0 Å². The normalized spacial score (nSPS) is 13.2. The molecular formula is C34H58N2. The zero-order valence-corrected chi connectivity index (χ0v) is 24.0. The van der Waals surface area contributed by atoms with E-state index in [-0.39, 0.29) is 0 Å². The topological polar surface area (TPSA) is 17.8 Å². The molecule has 2 nitrogen and oxygen atoms in total. The zero-order valence-electron chi connectivity index (χ0n) is 24.0. The molecule has 0 aliphatic heterocycles. The monoisotopic (exact) mass is 494 g/mol. The van der Waals surface area contributed by atoms with Crippen LogP contribution < -0.4 is 0 Å². The van der Waals surface area contributed by atoms with Crippen molar-refractivity contribution in [2.75, 3.05) is 0 Å². The third-order valence-corrected chi connectivity index (χ3v) is 8.07. The quantitative estimate of drug-likeness (QED) is 0.133. The van der Waals surface area contributed by atoms with Crippen molar-refractivity contribution in [2.24, 2.45) is 5.92 Å². The van der Waals surface area contributed by atoms with Crippen LogP contribution in [0.25, 0.3) is 0 Å². The van der Waals surface area contributed by atoms with Crippen LogP contribution in [0.15, 0.2) is 49.1 Å². The number of aromatic nitrogens is 2. The third-order valence-electron chi connectivity index (χ3n) is 8.07. The molecule has 0 radical (unpaired) electrons. The summed E-state index contributed by atoms with van der Waals surface area (Å²) in [6.45, 7) is 4.62. The highest BCUT2D eigenvalue weighted by Gasteiger charge is 2.22. The smallest absolute Gasteiger partial charge is 0.0948 e. The number of rotatable bonds is 24. The van der Waals surface area contributed by atoms with Crippen LogP contribution in [0.1, 0.15) is 154 Å². The summed E-state index contributed by atoms with van der Waals surface area (Å²) in [6, 6.07) is 11.7. The lowest BCUT2D eigenvalue weighted by Gasteiger charge is -2.29. The summed E-state index contributed by atoms with van der Waals surface area (Å²) in [5.41, 5.74) is 1.49. The van der Waals surface area contributed by atoms with Crippen molar-refractivity contribution >= 4 is 0 Å². The fourth-order valence-electron chi connectivity index (χ4n) is 5.82. The molecule has 0 saturated carbocycles. The Balaban J connectivity index is 1.65. The molecule has 2 unspecified atom stereocenters. The summed E-state index contributed by atoms with van der Waals surface area (Å²) in [4.78, 5) is 4.41. The van der Waals surface area contributed by atoms with Gasteiger partial charge in [0.1, 0.15) is 0 Å². The Kier molecular flexibility index (Phi) is 18.3. The molecule has 2 aromatic rings. The lowest BCUT2D eigenvalue weighted by molar-refractivity contribution is 0.276. The third kappa shape index (κ3) is 14.2. The number of hydrogen-bond acceptors (Lipinski definition) is 1. The Bertz CT molecular complexity index is 693. The largest absolute Gasteiger partial charge is 0.334 e. The Morgan fingerprint density at radius 2 is 1.11 bits per heavy atom. The number of hydrogen-bond donors (Lipinski definition) is 0. The first kappa shape index (κ1) is 30.7. The Morgan fingerprint density at radius 3 is 1.64 bits per heavy atom. The Hall–Kier alpha value is -1.57. The SMILES string of the molecule is CCCCCCCCCCCCCCCCCC(C(CCCCC)Cc1ccccc1)n1ccnc1. The van der Waals surface area contributed by atoms with E-state index in [4.69, 9.17) is 0 Å². The molecule has 0 aliphatic carbocycles. The van der Waals surface area contributed by atoms with Crippen LogP contribution in [-0.2, 0) is 6.42 Å². The van der Waals surface area contributed by atoms with Gasteiger partial charge in [-0.15, -0.1) is 0 Å². The van der Waals surface area contributed by atoms with Gasteiger partial charge in [0.2, 0.25) is 0 Å². The maximum Gasteiger partial charge on any atom is 0.0948 e. The fourth-order valence-corrected chi connectivity index (χ4v) is 5.82. The number of imidazole rings is 1. The van der Waals surface area contributed by atoms with Gasteiger partial charge in [-0.25, -0.2) is 4.98 Å². The molecule has 2 heteroatoms. The van der Waals surface area contributed by atoms with Gasteiger partial charge in [-0.3, -0.25) is 0 Å². The van der Waals surface area contributed by atoms with Gasteiger partial charge in [-0.05, 0) is 30.7 Å². The van der Waals surface area contributed by atoms with E-state index in [1.807, 2.05) is 6.20 Å². The number of benzene rings is 1. The standard InChI is InChI=1S/C34H58N2/c1-3-5-7-8-9-10-11-12-13-14-15-16-17-18-23-27-34(36-29-28-35-31-36)33(26-20-6-4-2)30-32-24-21-19-22-25-32/h19,21-22,24-25,28-29,31,33-34H,3-18,20,23,26-27,30H2,1-2H3. The minimum atomic E-state index is 0.575. The second kappa shape index (κ2) is 21.5. The number of unbranched alkanes of at least 4 members (excludes halogenated alkanes) is 16. The molecule has 0 aliphatic rings. The Labute approximate surface area is 224 Å². The van der Waals surface area contributed by atoms with Gasteiger partial charge >= 0.3 is 0 Å². The van der Waals surface area contributed by atoms with Crippen LogP contribution in [-0.4, -0.2) is 9.55 Å². The lowest BCUT2D eigenvalue weighted by Crippen LogP contribution is -2.21. The predicted octanol–water partition coefficient (Wildman–Crippen LogP) is 11.1. The molecule has 204 valence electrons. The molecular weight excluding hydrogens is 436 g/mol. The van der Waals surface area contributed by atoms with Gasteiger partial charge in [0.05, 0.1) is 6.33 Å². The van der Waals surface area contributed by atoms with E-state index in [0.29, 0.717) is 12.0 Å². The first-order valence-corrected chi connectivity index (χ1v) is 15.9. The van der Waals surface area contributed by atoms with Crippen molar-refractivity contribution in [3.05, 3.63) is 54.6 Å². The average Bonchev–Trinajstić information content (AvgIpc) is 3.43. The molecule has 0 amide bonds. The zero-order chi connectivity index (χ0) is 25.5.